The van der Waals surface area contributed by atoms with Gasteiger partial charge in [-0.15, -0.1) is 11.6 Å². The highest BCUT2D eigenvalue weighted by atomic mass is 35.5. The summed E-state index contributed by atoms with van der Waals surface area (Å²) in [6, 6.07) is 7.02. The molecular formula is C12H18ClO4P. The van der Waals surface area contributed by atoms with Gasteiger partial charge in [-0.1, -0.05) is 12.1 Å². The Morgan fingerprint density at radius 2 is 1.67 bits per heavy atom. The van der Waals surface area contributed by atoms with E-state index in [2.05, 4.69) is 0 Å². The second-order valence-electron chi connectivity index (χ2n) is 3.48. The molecule has 1 rings (SSSR count). The Kier molecular flexibility index (Phi) is 6.16. The summed E-state index contributed by atoms with van der Waals surface area (Å²) in [6.07, 6.45) is 0. The van der Waals surface area contributed by atoms with Crippen molar-refractivity contribution in [3.63, 3.8) is 0 Å². The van der Waals surface area contributed by atoms with E-state index in [0.29, 0.717) is 11.3 Å². The zero-order valence-electron chi connectivity index (χ0n) is 10.8. The highest BCUT2D eigenvalue weighted by molar-refractivity contribution is 7.56. The van der Waals surface area contributed by atoms with Crippen LogP contribution in [0.25, 0.3) is 0 Å². The summed E-state index contributed by atoms with van der Waals surface area (Å²) in [5, 5.41) is -0.816. The molecule has 0 aromatic heterocycles. The molecule has 0 aliphatic heterocycles. The standard InChI is InChI=1S/C12H18ClO4P/c1-4-16-18(14,17-5-2)12(13)10-6-8-11(15-3)9-7-10/h6-9,12H,4-5H2,1-3H3. The van der Waals surface area contributed by atoms with Crippen molar-refractivity contribution in [1.82, 2.24) is 0 Å². The van der Waals surface area contributed by atoms with E-state index < -0.39 is 12.7 Å². The first kappa shape index (κ1) is 15.5. The Bertz CT molecular complexity index is 397. The van der Waals surface area contributed by atoms with Crippen LogP contribution in [0.15, 0.2) is 24.3 Å². The van der Waals surface area contributed by atoms with Gasteiger partial charge in [-0.05, 0) is 31.5 Å². The lowest BCUT2D eigenvalue weighted by molar-refractivity contribution is 0.218. The number of benzene rings is 1. The molecule has 1 atom stereocenters. The molecule has 18 heavy (non-hydrogen) atoms. The highest BCUT2D eigenvalue weighted by Gasteiger charge is 2.35. The average Bonchev–Trinajstić information content (AvgIpc) is 2.38. The van der Waals surface area contributed by atoms with Gasteiger partial charge in [0.25, 0.3) is 0 Å². The third-order valence-corrected chi connectivity index (χ3v) is 5.35. The number of methoxy groups -OCH3 is 1. The van der Waals surface area contributed by atoms with Gasteiger partial charge in [-0.3, -0.25) is 4.57 Å². The maximum Gasteiger partial charge on any atom is 0.352 e. The van der Waals surface area contributed by atoms with Crippen molar-refractivity contribution in [1.29, 1.82) is 0 Å². The second-order valence-corrected chi connectivity index (χ2v) is 6.34. The van der Waals surface area contributed by atoms with Crippen molar-refractivity contribution in [3.05, 3.63) is 29.8 Å². The van der Waals surface area contributed by atoms with Crippen molar-refractivity contribution in [3.8, 4) is 5.75 Å². The van der Waals surface area contributed by atoms with Gasteiger partial charge in [-0.2, -0.15) is 0 Å². The van der Waals surface area contributed by atoms with Gasteiger partial charge in [0.2, 0.25) is 0 Å². The molecule has 1 unspecified atom stereocenters. The monoisotopic (exact) mass is 292 g/mol. The molecule has 0 saturated carbocycles. The zero-order valence-corrected chi connectivity index (χ0v) is 12.4. The molecule has 0 radical (unpaired) electrons. The number of hydrogen-bond acceptors (Lipinski definition) is 4. The van der Waals surface area contributed by atoms with Crippen LogP contribution in [-0.2, 0) is 13.6 Å². The summed E-state index contributed by atoms with van der Waals surface area (Å²) in [7, 11) is -1.75. The van der Waals surface area contributed by atoms with Crippen LogP contribution in [0.3, 0.4) is 0 Å². The number of rotatable bonds is 7. The summed E-state index contributed by atoms with van der Waals surface area (Å²) in [6.45, 7) is 4.08. The van der Waals surface area contributed by atoms with Crippen LogP contribution >= 0.6 is 19.2 Å². The topological polar surface area (TPSA) is 44.8 Å². The fraction of sp³-hybridized carbons (Fsp3) is 0.500. The zero-order chi connectivity index (χ0) is 13.6. The Balaban J connectivity index is 2.94. The van der Waals surface area contributed by atoms with Crippen molar-refractivity contribution in [2.45, 2.75) is 19.0 Å². The summed E-state index contributed by atoms with van der Waals surface area (Å²) in [4.78, 5) is 0. The van der Waals surface area contributed by atoms with Crippen LogP contribution < -0.4 is 4.74 Å². The minimum Gasteiger partial charge on any atom is -0.497 e. The molecule has 0 spiro atoms. The van der Waals surface area contributed by atoms with Gasteiger partial charge >= 0.3 is 7.60 Å². The SMILES string of the molecule is CCOP(=O)(OCC)C(Cl)c1ccc(OC)cc1. The van der Waals surface area contributed by atoms with E-state index in [1.165, 1.54) is 0 Å². The first-order valence-electron chi connectivity index (χ1n) is 5.74. The molecule has 1 aromatic carbocycles. The van der Waals surface area contributed by atoms with Gasteiger partial charge < -0.3 is 13.8 Å². The van der Waals surface area contributed by atoms with Crippen LogP contribution in [0.1, 0.15) is 24.5 Å². The molecule has 0 bridgehead atoms. The molecule has 102 valence electrons. The highest BCUT2D eigenvalue weighted by Crippen LogP contribution is 2.63. The van der Waals surface area contributed by atoms with Crippen LogP contribution in [0.5, 0.6) is 5.75 Å². The summed E-state index contributed by atoms with van der Waals surface area (Å²) in [5.74, 6) is 0.713. The first-order chi connectivity index (χ1) is 8.57. The Morgan fingerprint density at radius 1 is 1.17 bits per heavy atom. The average molecular weight is 293 g/mol. The smallest absolute Gasteiger partial charge is 0.352 e. The van der Waals surface area contributed by atoms with E-state index >= 15 is 0 Å². The summed E-state index contributed by atoms with van der Waals surface area (Å²) < 4.78 is 27.9. The Morgan fingerprint density at radius 3 is 2.06 bits per heavy atom. The third-order valence-electron chi connectivity index (χ3n) is 2.29. The fourth-order valence-corrected chi connectivity index (χ4v) is 3.55. The van der Waals surface area contributed by atoms with E-state index in [1.54, 1.807) is 45.2 Å². The molecule has 0 N–H and O–H groups in total. The van der Waals surface area contributed by atoms with Crippen molar-refractivity contribution < 1.29 is 18.3 Å². The van der Waals surface area contributed by atoms with Crippen molar-refractivity contribution in [2.24, 2.45) is 0 Å². The number of alkyl halides is 1. The van der Waals surface area contributed by atoms with E-state index in [-0.39, 0.29) is 13.2 Å². The quantitative estimate of drug-likeness (QED) is 0.558. The van der Waals surface area contributed by atoms with Gasteiger partial charge in [0, 0.05) is 0 Å². The molecule has 0 fully saturated rings. The summed E-state index contributed by atoms with van der Waals surface area (Å²) in [5.41, 5.74) is 0.683. The van der Waals surface area contributed by atoms with E-state index in [0.717, 1.165) is 0 Å². The maximum absolute atomic E-state index is 12.5. The molecule has 0 heterocycles. The second kappa shape index (κ2) is 7.15. The number of halogens is 1. The van der Waals surface area contributed by atoms with Gasteiger partial charge in [0.05, 0.1) is 20.3 Å². The Labute approximate surface area is 113 Å². The first-order valence-corrected chi connectivity index (χ1v) is 7.79. The molecule has 1 aromatic rings. The predicted molar refractivity (Wildman–Crippen MR) is 72.4 cm³/mol. The van der Waals surface area contributed by atoms with Crippen LogP contribution in [0.4, 0.5) is 0 Å². The molecule has 0 amide bonds. The molecule has 0 saturated heterocycles. The van der Waals surface area contributed by atoms with Crippen molar-refractivity contribution in [2.75, 3.05) is 20.3 Å². The van der Waals surface area contributed by atoms with Crippen molar-refractivity contribution >= 4 is 19.2 Å². The van der Waals surface area contributed by atoms with E-state index in [1.807, 2.05) is 0 Å². The molecule has 0 aliphatic carbocycles. The van der Waals surface area contributed by atoms with Gasteiger partial charge in [-0.25, -0.2) is 0 Å². The minimum absolute atomic E-state index is 0.288. The van der Waals surface area contributed by atoms with Crippen LogP contribution in [-0.4, -0.2) is 20.3 Å². The molecular weight excluding hydrogens is 275 g/mol. The van der Waals surface area contributed by atoms with Gasteiger partial charge in [0.15, 0.2) is 5.12 Å². The molecule has 4 nitrogen and oxygen atoms in total. The lowest BCUT2D eigenvalue weighted by Crippen LogP contribution is -2.02. The van der Waals surface area contributed by atoms with Gasteiger partial charge in [0.1, 0.15) is 5.75 Å². The summed E-state index contributed by atoms with van der Waals surface area (Å²) >= 11 is 6.21. The Hall–Kier alpha value is -0.540. The maximum atomic E-state index is 12.5. The lowest BCUT2D eigenvalue weighted by atomic mass is 10.2. The normalized spacial score (nSPS) is 13.3. The molecule has 6 heteroatoms. The minimum atomic E-state index is -3.33. The predicted octanol–water partition coefficient (Wildman–Crippen LogP) is 4.20. The number of hydrogen-bond donors (Lipinski definition) is 0. The number of ether oxygens (including phenoxy) is 1. The lowest BCUT2D eigenvalue weighted by Gasteiger charge is -2.22. The van der Waals surface area contributed by atoms with Crippen LogP contribution in [0.2, 0.25) is 0 Å². The van der Waals surface area contributed by atoms with E-state index in [9.17, 15) is 4.57 Å². The molecule has 0 aliphatic rings. The van der Waals surface area contributed by atoms with Crippen LogP contribution in [0, 0.1) is 0 Å². The largest absolute Gasteiger partial charge is 0.497 e. The third kappa shape index (κ3) is 3.72. The fourth-order valence-electron chi connectivity index (χ4n) is 1.47. The van der Waals surface area contributed by atoms with E-state index in [4.69, 9.17) is 25.4 Å².